The molecule has 1 fully saturated rings. The Morgan fingerprint density at radius 3 is 2.56 bits per heavy atom. The van der Waals surface area contributed by atoms with Crippen molar-refractivity contribution < 1.29 is 27.4 Å². The number of hydrogen-bond acceptors (Lipinski definition) is 6. The molecule has 0 aliphatic heterocycles. The van der Waals surface area contributed by atoms with Crippen LogP contribution in [0.15, 0.2) is 42.7 Å². The lowest BCUT2D eigenvalue weighted by Crippen LogP contribution is -2.46. The fourth-order valence-electron chi connectivity index (χ4n) is 4.33. The third kappa shape index (κ3) is 5.46. The van der Waals surface area contributed by atoms with Crippen molar-refractivity contribution in [2.45, 2.75) is 44.0 Å². The van der Waals surface area contributed by atoms with Crippen molar-refractivity contribution in [1.29, 1.82) is 0 Å². The third-order valence-electron chi connectivity index (χ3n) is 6.26. The summed E-state index contributed by atoms with van der Waals surface area (Å²) in [5.74, 6) is 2.28. The van der Waals surface area contributed by atoms with Crippen molar-refractivity contribution in [2.75, 3.05) is 19.5 Å². The summed E-state index contributed by atoms with van der Waals surface area (Å²) < 4.78 is 50.1. The molecule has 3 aromatic rings. The first kappa shape index (κ1) is 25.1. The van der Waals surface area contributed by atoms with E-state index in [4.69, 9.17) is 15.9 Å². The molecule has 0 unspecified atom stereocenters. The molecule has 7 nitrogen and oxygen atoms in total. The van der Waals surface area contributed by atoms with Crippen molar-refractivity contribution >= 4 is 28.3 Å². The third-order valence-corrected chi connectivity index (χ3v) is 6.26. The zero-order valence-corrected chi connectivity index (χ0v) is 19.8. The molecule has 36 heavy (non-hydrogen) atoms. The Kier molecular flexibility index (Phi) is 7.20. The molecule has 188 valence electrons. The van der Waals surface area contributed by atoms with Crippen LogP contribution in [0.3, 0.4) is 0 Å². The highest BCUT2D eigenvalue weighted by molar-refractivity contribution is 5.93. The maximum Gasteiger partial charge on any atom is 0.471 e. The Morgan fingerprint density at radius 1 is 1.14 bits per heavy atom. The molecule has 1 aromatic heterocycles. The number of benzene rings is 2. The molecule has 0 bridgehead atoms. The summed E-state index contributed by atoms with van der Waals surface area (Å²) in [7, 11) is 2.72. The molecule has 1 aliphatic carbocycles. The van der Waals surface area contributed by atoms with Gasteiger partial charge in [-0.05, 0) is 49.9 Å². The van der Waals surface area contributed by atoms with Crippen molar-refractivity contribution in [2.24, 2.45) is 0 Å². The second kappa shape index (κ2) is 10.3. The van der Waals surface area contributed by atoms with E-state index in [1.165, 1.54) is 20.5 Å². The molecule has 1 N–H and O–H groups in total. The first-order chi connectivity index (χ1) is 17.2. The Labute approximate surface area is 206 Å². The standard InChI is InChI=1S/C26H25F3N4O3/c1-4-16-6-5-7-17(12-16)32-24-20-13-23(22(35-3)14-21(20)30-15-31-24)36-19-10-8-18(9-11-19)33(2)25(34)26(27,28)29/h1,5-7,12-15,18-19H,8-11H2,2-3H3,(H,30,31,32). The number of alkyl halides is 3. The molecule has 0 spiro atoms. The van der Waals surface area contributed by atoms with Crippen LogP contribution >= 0.6 is 0 Å². The number of carbonyl (C=O) groups is 1. The summed E-state index contributed by atoms with van der Waals surface area (Å²) in [4.78, 5) is 21.1. The summed E-state index contributed by atoms with van der Waals surface area (Å²) >= 11 is 0. The molecular weight excluding hydrogens is 473 g/mol. The number of ether oxygens (including phenoxy) is 2. The minimum atomic E-state index is -4.88. The summed E-state index contributed by atoms with van der Waals surface area (Å²) in [5, 5.41) is 3.96. The van der Waals surface area contributed by atoms with E-state index in [-0.39, 0.29) is 6.10 Å². The van der Waals surface area contributed by atoms with Crippen LogP contribution in [0.5, 0.6) is 11.5 Å². The lowest BCUT2D eigenvalue weighted by atomic mass is 9.92. The van der Waals surface area contributed by atoms with Gasteiger partial charge in [-0.3, -0.25) is 4.79 Å². The van der Waals surface area contributed by atoms with Gasteiger partial charge in [0, 0.05) is 35.8 Å². The molecule has 2 aromatic carbocycles. The smallest absolute Gasteiger partial charge is 0.471 e. The minimum absolute atomic E-state index is 0.240. The van der Waals surface area contributed by atoms with E-state index in [9.17, 15) is 18.0 Å². The molecule has 0 radical (unpaired) electrons. The molecule has 0 atom stereocenters. The number of methoxy groups -OCH3 is 1. The monoisotopic (exact) mass is 498 g/mol. The first-order valence-corrected chi connectivity index (χ1v) is 11.4. The number of nitrogens with one attached hydrogen (secondary N) is 1. The fourth-order valence-corrected chi connectivity index (χ4v) is 4.33. The normalized spacial score (nSPS) is 17.8. The molecule has 1 heterocycles. The number of amides is 1. The number of carbonyl (C=O) groups excluding carboxylic acids is 1. The number of anilines is 2. The maximum absolute atomic E-state index is 12.8. The highest BCUT2D eigenvalue weighted by Crippen LogP contribution is 2.37. The van der Waals surface area contributed by atoms with Gasteiger partial charge in [-0.15, -0.1) is 6.42 Å². The topological polar surface area (TPSA) is 76.6 Å². The Hall–Kier alpha value is -4.00. The molecule has 10 heteroatoms. The second-order valence-electron chi connectivity index (χ2n) is 8.55. The van der Waals surface area contributed by atoms with Crippen LogP contribution in [-0.4, -0.2) is 53.3 Å². The highest BCUT2D eigenvalue weighted by atomic mass is 19.4. The van der Waals surface area contributed by atoms with E-state index in [0.29, 0.717) is 53.9 Å². The van der Waals surface area contributed by atoms with Crippen molar-refractivity contribution in [1.82, 2.24) is 14.9 Å². The maximum atomic E-state index is 12.8. The van der Waals surface area contributed by atoms with Gasteiger partial charge in [0.25, 0.3) is 0 Å². The molecule has 0 saturated heterocycles. The van der Waals surface area contributed by atoms with Crippen LogP contribution in [0.25, 0.3) is 10.9 Å². The van der Waals surface area contributed by atoms with Gasteiger partial charge in [-0.25, -0.2) is 9.97 Å². The SMILES string of the molecule is C#Cc1cccc(Nc2ncnc3cc(OC)c(OC4CCC(N(C)C(=O)C(F)(F)F)CC4)cc23)c1. The largest absolute Gasteiger partial charge is 0.493 e. The van der Waals surface area contributed by atoms with Crippen LogP contribution in [0, 0.1) is 12.3 Å². The van der Waals surface area contributed by atoms with E-state index in [2.05, 4.69) is 21.2 Å². The van der Waals surface area contributed by atoms with Gasteiger partial charge in [0.1, 0.15) is 12.1 Å². The summed E-state index contributed by atoms with van der Waals surface area (Å²) in [5.41, 5.74) is 2.13. The summed E-state index contributed by atoms with van der Waals surface area (Å²) in [6.07, 6.45) is 3.62. The zero-order chi connectivity index (χ0) is 25.9. The Bertz CT molecular complexity index is 1300. The van der Waals surface area contributed by atoms with Gasteiger partial charge >= 0.3 is 12.1 Å². The average molecular weight is 499 g/mol. The molecule has 4 rings (SSSR count). The number of rotatable bonds is 6. The van der Waals surface area contributed by atoms with Gasteiger partial charge in [0.05, 0.1) is 18.7 Å². The summed E-state index contributed by atoms with van der Waals surface area (Å²) in [6.45, 7) is 0. The van der Waals surface area contributed by atoms with Gasteiger partial charge in [0.2, 0.25) is 0 Å². The zero-order valence-electron chi connectivity index (χ0n) is 19.8. The van der Waals surface area contributed by atoms with Crippen LogP contribution < -0.4 is 14.8 Å². The fraction of sp³-hybridized carbons (Fsp3) is 0.346. The number of hydrogen-bond donors (Lipinski definition) is 1. The Balaban J connectivity index is 1.53. The van der Waals surface area contributed by atoms with Crippen molar-refractivity contribution in [3.63, 3.8) is 0 Å². The summed E-state index contributed by atoms with van der Waals surface area (Å²) in [6, 6.07) is 10.4. The lowest BCUT2D eigenvalue weighted by molar-refractivity contribution is -0.187. The van der Waals surface area contributed by atoms with Crippen molar-refractivity contribution in [3.8, 4) is 23.8 Å². The van der Waals surface area contributed by atoms with E-state index < -0.39 is 18.1 Å². The number of halogens is 3. The highest BCUT2D eigenvalue weighted by Gasteiger charge is 2.43. The van der Waals surface area contributed by atoms with Gasteiger partial charge in [0.15, 0.2) is 11.5 Å². The van der Waals surface area contributed by atoms with E-state index >= 15 is 0 Å². The van der Waals surface area contributed by atoms with Crippen molar-refractivity contribution in [3.05, 3.63) is 48.3 Å². The van der Waals surface area contributed by atoms with Crippen LogP contribution in [0.4, 0.5) is 24.7 Å². The molecular formula is C26H25F3N4O3. The number of fused-ring (bicyclic) bond motifs is 1. The number of nitrogens with zero attached hydrogens (tertiary/aromatic N) is 3. The van der Waals surface area contributed by atoms with Crippen LogP contribution in [0.2, 0.25) is 0 Å². The predicted octanol–water partition coefficient (Wildman–Crippen LogP) is 5.07. The molecule has 1 saturated carbocycles. The average Bonchev–Trinajstić information content (AvgIpc) is 2.88. The first-order valence-electron chi connectivity index (χ1n) is 11.4. The van der Waals surface area contributed by atoms with Gasteiger partial charge < -0.3 is 19.7 Å². The predicted molar refractivity (Wildman–Crippen MR) is 129 cm³/mol. The number of terminal acetylenes is 1. The number of aromatic nitrogens is 2. The lowest BCUT2D eigenvalue weighted by Gasteiger charge is -2.35. The quantitative estimate of drug-likeness (QED) is 0.478. The molecule has 1 aliphatic rings. The van der Waals surface area contributed by atoms with Gasteiger partial charge in [-0.2, -0.15) is 13.2 Å². The molecule has 1 amide bonds. The van der Waals surface area contributed by atoms with Gasteiger partial charge in [-0.1, -0.05) is 12.0 Å². The van der Waals surface area contributed by atoms with Crippen LogP contribution in [0.1, 0.15) is 31.2 Å². The van der Waals surface area contributed by atoms with E-state index in [0.717, 1.165) is 16.2 Å². The second-order valence-corrected chi connectivity index (χ2v) is 8.55. The Morgan fingerprint density at radius 2 is 1.89 bits per heavy atom. The van der Waals surface area contributed by atoms with E-state index in [1.54, 1.807) is 12.1 Å². The van der Waals surface area contributed by atoms with Crippen LogP contribution in [-0.2, 0) is 4.79 Å². The van der Waals surface area contributed by atoms with E-state index in [1.807, 2.05) is 24.3 Å². The minimum Gasteiger partial charge on any atom is -0.493 e.